The number of benzene rings is 1. The van der Waals surface area contributed by atoms with E-state index in [9.17, 15) is 66.7 Å². The first-order valence-electron chi connectivity index (χ1n) is 12.0. The van der Waals surface area contributed by atoms with Gasteiger partial charge in [0.1, 0.15) is 5.92 Å². The fourth-order valence-corrected chi connectivity index (χ4v) is 4.55. The molecule has 0 saturated heterocycles. The number of methoxy groups -OCH3 is 1. The molecule has 0 aromatic heterocycles. The molecule has 0 saturated carbocycles. The number of nitrogens with zero attached hydrogens (tertiary/aromatic N) is 1. The van der Waals surface area contributed by atoms with Gasteiger partial charge in [-0.05, 0) is 31.9 Å². The second kappa shape index (κ2) is 12.4. The molecule has 0 aliphatic carbocycles. The van der Waals surface area contributed by atoms with Crippen molar-refractivity contribution in [3.8, 4) is 0 Å². The van der Waals surface area contributed by atoms with E-state index in [2.05, 4.69) is 4.99 Å². The van der Waals surface area contributed by atoms with Gasteiger partial charge in [0.15, 0.2) is 0 Å². The lowest BCUT2D eigenvalue weighted by Gasteiger charge is -2.39. The quantitative estimate of drug-likeness (QED) is 0.135. The van der Waals surface area contributed by atoms with Crippen LogP contribution in [0.4, 0.5) is 57.1 Å². The van der Waals surface area contributed by atoms with Crippen LogP contribution in [0.2, 0.25) is 5.02 Å². The maximum atomic E-state index is 14.1. The Morgan fingerprint density at radius 2 is 1.36 bits per heavy atom. The van der Waals surface area contributed by atoms with Gasteiger partial charge in [-0.25, -0.2) is 4.79 Å². The third-order valence-electron chi connectivity index (χ3n) is 6.61. The molecule has 248 valence electrons. The largest absolute Gasteiger partial charge is 0.468 e. The topological polar surface area (TPSA) is 65.0 Å². The minimum atomic E-state index is -8.01. The molecule has 5 nitrogen and oxygen atoms in total. The van der Waals surface area contributed by atoms with Crippen molar-refractivity contribution in [2.45, 2.75) is 68.4 Å². The second-order valence-electron chi connectivity index (χ2n) is 9.49. The predicted molar refractivity (Wildman–Crippen MR) is 126 cm³/mol. The monoisotopic (exact) mass is 681 g/mol. The van der Waals surface area contributed by atoms with E-state index in [0.29, 0.717) is 0 Å². The van der Waals surface area contributed by atoms with E-state index in [1.807, 2.05) is 0 Å². The Bertz CT molecular complexity index is 1330. The average Bonchev–Trinajstić information content (AvgIpc) is 2.89. The first kappa shape index (κ1) is 37.1. The summed E-state index contributed by atoms with van der Waals surface area (Å²) in [6.07, 6.45) is -11.6. The van der Waals surface area contributed by atoms with Crippen LogP contribution >= 0.6 is 11.6 Å². The number of hydrogen-bond acceptors (Lipinski definition) is 5. The highest BCUT2D eigenvalue weighted by molar-refractivity contribution is 6.31. The highest BCUT2D eigenvalue weighted by Gasteiger charge is 2.90. The van der Waals surface area contributed by atoms with Gasteiger partial charge >= 0.3 is 47.7 Å². The summed E-state index contributed by atoms with van der Waals surface area (Å²) in [5, 5.41) is 0.0370. The van der Waals surface area contributed by atoms with Crippen molar-refractivity contribution >= 4 is 29.3 Å². The van der Waals surface area contributed by atoms with Crippen LogP contribution in [0.5, 0.6) is 0 Å². The van der Waals surface area contributed by atoms with Gasteiger partial charge in [0.2, 0.25) is 0 Å². The predicted octanol–water partition coefficient (Wildman–Crippen LogP) is 8.02. The lowest BCUT2D eigenvalue weighted by molar-refractivity contribution is -0.440. The van der Waals surface area contributed by atoms with E-state index in [-0.39, 0.29) is 22.0 Å². The van der Waals surface area contributed by atoms with E-state index in [1.54, 1.807) is 0 Å². The Hall–Kier alpha value is -3.05. The molecule has 44 heavy (non-hydrogen) atoms. The second-order valence-corrected chi connectivity index (χ2v) is 9.90. The first-order valence-corrected chi connectivity index (χ1v) is 12.4. The molecule has 19 heteroatoms. The summed E-state index contributed by atoms with van der Waals surface area (Å²) >= 11 is 6.23. The molecule has 0 amide bonds. The molecule has 2 unspecified atom stereocenters. The molecule has 0 radical (unpaired) electrons. The zero-order valence-electron chi connectivity index (χ0n) is 22.5. The molecule has 1 aliphatic rings. The number of allylic oxidation sites excluding steroid dienone is 1. The number of ether oxygens (including phenoxy) is 2. The number of carbonyl (C=O) groups is 2. The molecule has 1 heterocycles. The normalized spacial score (nSPS) is 19.1. The Labute approximate surface area is 245 Å². The number of rotatable bonds is 11. The van der Waals surface area contributed by atoms with Crippen molar-refractivity contribution in [3.63, 3.8) is 0 Å². The van der Waals surface area contributed by atoms with Gasteiger partial charge < -0.3 is 9.47 Å². The summed E-state index contributed by atoms with van der Waals surface area (Å²) < 4.78 is 182. The van der Waals surface area contributed by atoms with Crippen molar-refractivity contribution < 1.29 is 76.1 Å². The molecule has 2 atom stereocenters. The fraction of sp³-hybridized carbons (Fsp3) is 0.560. The lowest BCUT2D eigenvalue weighted by Crippen LogP contribution is -2.70. The zero-order chi connectivity index (χ0) is 34.3. The molecule has 0 fully saturated rings. The Kier molecular flexibility index (Phi) is 10.5. The third-order valence-corrected chi connectivity index (χ3v) is 6.95. The van der Waals surface area contributed by atoms with Crippen LogP contribution in [-0.2, 0) is 19.1 Å². The molecule has 1 aromatic carbocycles. The van der Waals surface area contributed by atoms with E-state index in [1.165, 1.54) is 38.1 Å². The van der Waals surface area contributed by atoms with Crippen LogP contribution in [0, 0.1) is 5.92 Å². The molecule has 1 aliphatic heterocycles. The zero-order valence-corrected chi connectivity index (χ0v) is 23.2. The number of halogens is 14. The van der Waals surface area contributed by atoms with Crippen molar-refractivity contribution in [1.29, 1.82) is 0 Å². The number of hydrogen-bond donors (Lipinski definition) is 0. The minimum absolute atomic E-state index is 0.0370. The minimum Gasteiger partial charge on any atom is -0.468 e. The molecular formula is C25H21ClF13NO4. The summed E-state index contributed by atoms with van der Waals surface area (Å²) in [6.45, 7) is 1.37. The highest BCUT2D eigenvalue weighted by Crippen LogP contribution is 2.60. The Morgan fingerprint density at radius 3 is 1.86 bits per heavy atom. The van der Waals surface area contributed by atoms with Gasteiger partial charge in [-0.2, -0.15) is 57.1 Å². The van der Waals surface area contributed by atoms with Crippen molar-refractivity contribution in [3.05, 3.63) is 46.1 Å². The van der Waals surface area contributed by atoms with Crippen LogP contribution in [0.25, 0.3) is 0 Å². The molecule has 0 bridgehead atoms. The van der Waals surface area contributed by atoms with Gasteiger partial charge in [-0.15, -0.1) is 0 Å². The summed E-state index contributed by atoms with van der Waals surface area (Å²) in [7, 11) is 1.02. The van der Waals surface area contributed by atoms with Crippen LogP contribution in [0.1, 0.15) is 38.2 Å². The van der Waals surface area contributed by atoms with Gasteiger partial charge in [0.05, 0.1) is 19.3 Å². The summed E-state index contributed by atoms with van der Waals surface area (Å²) in [6, 6.07) is 5.76. The molecule has 1 aromatic rings. The Morgan fingerprint density at radius 1 is 0.841 bits per heavy atom. The van der Waals surface area contributed by atoms with Crippen LogP contribution < -0.4 is 0 Å². The maximum absolute atomic E-state index is 14.1. The highest BCUT2D eigenvalue weighted by atomic mass is 35.5. The van der Waals surface area contributed by atoms with Crippen molar-refractivity contribution in [2.24, 2.45) is 10.9 Å². The van der Waals surface area contributed by atoms with E-state index < -0.39 is 84.6 Å². The maximum Gasteiger partial charge on any atom is 0.460 e. The number of alkyl halides is 13. The van der Waals surface area contributed by atoms with Crippen LogP contribution in [0.15, 0.2) is 40.5 Å². The number of aliphatic imine (C=N–C) groups is 1. The summed E-state index contributed by atoms with van der Waals surface area (Å²) in [5.74, 6) is -42.3. The SMILES string of the molecule is COC(=O)C1C(C)=NC(C)=C(C(=O)OCCCC(F)(F)C(F)(F)C(F)(F)C(F)(F)C(F)(F)C(F)(F)F)C1c1ccccc1Cl. The number of carbonyl (C=O) groups excluding carboxylic acids is 2. The van der Waals surface area contributed by atoms with E-state index in [0.717, 1.165) is 7.11 Å². The standard InChI is InChI=1S/C25H21ClF13NO4/c1-11-15(18(41)43-3)17(13-7-4-5-8-14(13)26)16(12(2)40-11)19(42)44-10-6-9-20(27,28)21(29,30)22(31,32)23(33,34)24(35,36)25(37,38)39/h4-5,7-8,15,17H,6,9-10H2,1-3H3. The van der Waals surface area contributed by atoms with E-state index in [4.69, 9.17) is 21.1 Å². The first-order chi connectivity index (χ1) is 19.8. The van der Waals surface area contributed by atoms with Gasteiger partial charge in [0, 0.05) is 28.8 Å². The van der Waals surface area contributed by atoms with E-state index >= 15 is 0 Å². The summed E-state index contributed by atoms with van der Waals surface area (Å²) in [5.41, 5.74) is -0.166. The lowest BCUT2D eigenvalue weighted by atomic mass is 9.75. The number of esters is 2. The van der Waals surface area contributed by atoms with Crippen molar-refractivity contribution in [2.75, 3.05) is 13.7 Å². The van der Waals surface area contributed by atoms with Crippen LogP contribution in [0.3, 0.4) is 0 Å². The molecule has 0 spiro atoms. The molecular weight excluding hydrogens is 661 g/mol. The Balaban J connectivity index is 2.31. The van der Waals surface area contributed by atoms with Crippen LogP contribution in [-0.4, -0.2) is 67.2 Å². The van der Waals surface area contributed by atoms with Crippen molar-refractivity contribution in [1.82, 2.24) is 0 Å². The molecule has 0 N–H and O–H groups in total. The average molecular weight is 682 g/mol. The van der Waals surface area contributed by atoms with Gasteiger partial charge in [-0.3, -0.25) is 9.79 Å². The molecule has 2 rings (SSSR count). The van der Waals surface area contributed by atoms with Gasteiger partial charge in [0.25, 0.3) is 0 Å². The third kappa shape index (κ3) is 6.22. The fourth-order valence-electron chi connectivity index (χ4n) is 4.29. The summed E-state index contributed by atoms with van der Waals surface area (Å²) in [4.78, 5) is 29.6. The smallest absolute Gasteiger partial charge is 0.460 e. The van der Waals surface area contributed by atoms with Gasteiger partial charge in [-0.1, -0.05) is 29.8 Å².